The number of benzene rings is 1. The van der Waals surface area contributed by atoms with Gasteiger partial charge in [-0.3, -0.25) is 4.90 Å². The molecule has 0 radical (unpaired) electrons. The molecule has 0 bridgehead atoms. The molecule has 1 saturated heterocycles. The molecule has 0 amide bonds. The molecule has 1 aromatic rings. The number of hydrogen-bond acceptors (Lipinski definition) is 2. The van der Waals surface area contributed by atoms with Crippen molar-refractivity contribution >= 4 is 0 Å². The van der Waals surface area contributed by atoms with Crippen LogP contribution in [0.2, 0.25) is 0 Å². The summed E-state index contributed by atoms with van der Waals surface area (Å²) >= 11 is 0. The van der Waals surface area contributed by atoms with E-state index in [0.717, 1.165) is 6.54 Å². The SMILES string of the molecule is CCNC1CCN2CCc3ccccc3C2C1. The Kier molecular flexibility index (Phi) is 3.17. The van der Waals surface area contributed by atoms with E-state index < -0.39 is 0 Å². The van der Waals surface area contributed by atoms with E-state index in [1.165, 1.54) is 32.4 Å². The Bertz CT molecular complexity index is 388. The van der Waals surface area contributed by atoms with Gasteiger partial charge in [-0.25, -0.2) is 0 Å². The molecule has 2 nitrogen and oxygen atoms in total. The summed E-state index contributed by atoms with van der Waals surface area (Å²) in [7, 11) is 0. The monoisotopic (exact) mass is 230 g/mol. The lowest BCUT2D eigenvalue weighted by atomic mass is 9.85. The lowest BCUT2D eigenvalue weighted by Crippen LogP contribution is -2.46. The number of fused-ring (bicyclic) bond motifs is 3. The van der Waals surface area contributed by atoms with E-state index >= 15 is 0 Å². The minimum Gasteiger partial charge on any atom is -0.314 e. The predicted molar refractivity (Wildman–Crippen MR) is 71.2 cm³/mol. The zero-order valence-corrected chi connectivity index (χ0v) is 10.7. The molecule has 1 fully saturated rings. The van der Waals surface area contributed by atoms with Crippen molar-refractivity contribution in [2.75, 3.05) is 19.6 Å². The highest BCUT2D eigenvalue weighted by Crippen LogP contribution is 2.36. The van der Waals surface area contributed by atoms with E-state index in [0.29, 0.717) is 12.1 Å². The van der Waals surface area contributed by atoms with Gasteiger partial charge < -0.3 is 5.32 Å². The summed E-state index contributed by atoms with van der Waals surface area (Å²) in [6.07, 6.45) is 3.83. The highest BCUT2D eigenvalue weighted by molar-refractivity contribution is 5.33. The third-order valence-electron chi connectivity index (χ3n) is 4.29. The molecule has 2 aliphatic rings. The number of rotatable bonds is 2. The van der Waals surface area contributed by atoms with Crippen LogP contribution in [-0.4, -0.2) is 30.6 Å². The van der Waals surface area contributed by atoms with Gasteiger partial charge in [0.2, 0.25) is 0 Å². The Morgan fingerprint density at radius 2 is 2.18 bits per heavy atom. The molecular weight excluding hydrogens is 208 g/mol. The van der Waals surface area contributed by atoms with Gasteiger partial charge in [0, 0.05) is 25.2 Å². The summed E-state index contributed by atoms with van der Waals surface area (Å²) in [5, 5.41) is 3.62. The lowest BCUT2D eigenvalue weighted by Gasteiger charge is -2.43. The van der Waals surface area contributed by atoms with Crippen molar-refractivity contribution in [3.63, 3.8) is 0 Å². The molecule has 0 spiro atoms. The minimum atomic E-state index is 0.665. The molecule has 0 aromatic heterocycles. The summed E-state index contributed by atoms with van der Waals surface area (Å²) in [6.45, 7) is 5.82. The third kappa shape index (κ3) is 2.12. The van der Waals surface area contributed by atoms with Gasteiger partial charge in [-0.15, -0.1) is 0 Å². The fourth-order valence-corrected chi connectivity index (χ4v) is 3.43. The Labute approximate surface area is 104 Å². The largest absolute Gasteiger partial charge is 0.314 e. The summed E-state index contributed by atoms with van der Waals surface area (Å²) < 4.78 is 0. The first kappa shape index (κ1) is 11.2. The van der Waals surface area contributed by atoms with Crippen molar-refractivity contribution in [1.82, 2.24) is 10.2 Å². The van der Waals surface area contributed by atoms with Crippen molar-refractivity contribution in [3.05, 3.63) is 35.4 Å². The van der Waals surface area contributed by atoms with Gasteiger partial charge in [0.05, 0.1) is 0 Å². The van der Waals surface area contributed by atoms with Gasteiger partial charge in [-0.1, -0.05) is 31.2 Å². The van der Waals surface area contributed by atoms with Gasteiger partial charge in [0.1, 0.15) is 0 Å². The van der Waals surface area contributed by atoms with Crippen molar-refractivity contribution in [1.29, 1.82) is 0 Å². The van der Waals surface area contributed by atoms with E-state index in [9.17, 15) is 0 Å². The maximum Gasteiger partial charge on any atom is 0.0365 e. The van der Waals surface area contributed by atoms with Gasteiger partial charge in [0.15, 0.2) is 0 Å². The zero-order valence-electron chi connectivity index (χ0n) is 10.7. The summed E-state index contributed by atoms with van der Waals surface area (Å²) in [4.78, 5) is 2.68. The van der Waals surface area contributed by atoms with Crippen molar-refractivity contribution in [3.8, 4) is 0 Å². The van der Waals surface area contributed by atoms with Gasteiger partial charge in [-0.2, -0.15) is 0 Å². The second-order valence-electron chi connectivity index (χ2n) is 5.28. The van der Waals surface area contributed by atoms with E-state index in [1.54, 1.807) is 11.1 Å². The van der Waals surface area contributed by atoms with Crippen molar-refractivity contribution < 1.29 is 0 Å². The topological polar surface area (TPSA) is 15.3 Å². The maximum atomic E-state index is 3.62. The molecule has 0 saturated carbocycles. The highest BCUT2D eigenvalue weighted by Gasteiger charge is 2.32. The normalized spacial score (nSPS) is 28.5. The second kappa shape index (κ2) is 4.79. The first-order valence-corrected chi connectivity index (χ1v) is 6.93. The van der Waals surface area contributed by atoms with Crippen molar-refractivity contribution in [2.45, 2.75) is 38.3 Å². The second-order valence-corrected chi connectivity index (χ2v) is 5.28. The van der Waals surface area contributed by atoms with Crippen LogP contribution >= 0.6 is 0 Å². The van der Waals surface area contributed by atoms with Crippen LogP contribution in [0.25, 0.3) is 0 Å². The highest BCUT2D eigenvalue weighted by atomic mass is 15.2. The van der Waals surface area contributed by atoms with E-state index in [4.69, 9.17) is 0 Å². The first-order chi connectivity index (χ1) is 8.38. The molecule has 1 N–H and O–H groups in total. The summed E-state index contributed by atoms with van der Waals surface area (Å²) in [6, 6.07) is 10.4. The smallest absolute Gasteiger partial charge is 0.0365 e. The fraction of sp³-hybridized carbons (Fsp3) is 0.600. The molecule has 92 valence electrons. The van der Waals surface area contributed by atoms with Crippen LogP contribution in [0.4, 0.5) is 0 Å². The Morgan fingerprint density at radius 1 is 1.29 bits per heavy atom. The molecular formula is C15H22N2. The summed E-state index contributed by atoms with van der Waals surface area (Å²) in [5.41, 5.74) is 3.16. The standard InChI is InChI=1S/C15H22N2/c1-2-16-13-8-10-17-9-7-12-5-3-4-6-14(12)15(17)11-13/h3-6,13,15-16H,2,7-11H2,1H3. The van der Waals surface area contributed by atoms with Crippen LogP contribution < -0.4 is 5.32 Å². The quantitative estimate of drug-likeness (QED) is 0.839. The van der Waals surface area contributed by atoms with Gasteiger partial charge in [0.25, 0.3) is 0 Å². The van der Waals surface area contributed by atoms with Crippen LogP contribution in [0.15, 0.2) is 24.3 Å². The van der Waals surface area contributed by atoms with Crippen LogP contribution in [0, 0.1) is 0 Å². The molecule has 0 aliphatic carbocycles. The molecule has 2 heterocycles. The fourth-order valence-electron chi connectivity index (χ4n) is 3.43. The molecule has 2 unspecified atom stereocenters. The first-order valence-electron chi connectivity index (χ1n) is 6.93. The lowest BCUT2D eigenvalue weighted by molar-refractivity contribution is 0.116. The minimum absolute atomic E-state index is 0.665. The molecule has 3 rings (SSSR count). The average Bonchev–Trinajstić information content (AvgIpc) is 2.39. The molecule has 1 aromatic carbocycles. The molecule has 2 atom stereocenters. The average molecular weight is 230 g/mol. The van der Waals surface area contributed by atoms with E-state index in [1.807, 2.05) is 0 Å². The number of nitrogens with one attached hydrogen (secondary N) is 1. The Balaban J connectivity index is 1.83. The van der Waals surface area contributed by atoms with Crippen molar-refractivity contribution in [2.24, 2.45) is 0 Å². The Morgan fingerprint density at radius 3 is 3.06 bits per heavy atom. The molecule has 17 heavy (non-hydrogen) atoms. The third-order valence-corrected chi connectivity index (χ3v) is 4.29. The van der Waals surface area contributed by atoms with Gasteiger partial charge >= 0.3 is 0 Å². The zero-order chi connectivity index (χ0) is 11.7. The van der Waals surface area contributed by atoms with Gasteiger partial charge in [-0.05, 0) is 36.9 Å². The van der Waals surface area contributed by atoms with Crippen LogP contribution in [0.5, 0.6) is 0 Å². The number of piperidine rings is 1. The van der Waals surface area contributed by atoms with E-state index in [2.05, 4.69) is 41.4 Å². The van der Waals surface area contributed by atoms with Crippen LogP contribution in [-0.2, 0) is 6.42 Å². The summed E-state index contributed by atoms with van der Waals surface area (Å²) in [5.74, 6) is 0. The molecule has 2 heteroatoms. The van der Waals surface area contributed by atoms with Crippen LogP contribution in [0.3, 0.4) is 0 Å². The Hall–Kier alpha value is -0.860. The maximum absolute atomic E-state index is 3.62. The van der Waals surface area contributed by atoms with Crippen LogP contribution in [0.1, 0.15) is 36.9 Å². The number of nitrogens with zero attached hydrogens (tertiary/aromatic N) is 1. The predicted octanol–water partition coefficient (Wildman–Crippen LogP) is 2.36. The van der Waals surface area contributed by atoms with E-state index in [-0.39, 0.29) is 0 Å². The number of hydrogen-bond donors (Lipinski definition) is 1. The molecule has 2 aliphatic heterocycles.